The van der Waals surface area contributed by atoms with Crippen LogP contribution in [-0.2, 0) is 4.74 Å². The molecule has 0 aliphatic rings. The van der Waals surface area contributed by atoms with Crippen LogP contribution in [0.4, 0.5) is 0 Å². The molecule has 0 saturated heterocycles. The Morgan fingerprint density at radius 1 is 1.44 bits per heavy atom. The van der Waals surface area contributed by atoms with Gasteiger partial charge in [0.25, 0.3) is 0 Å². The van der Waals surface area contributed by atoms with Crippen molar-refractivity contribution in [3.63, 3.8) is 0 Å². The smallest absolute Gasteiger partial charge is 0.355 e. The summed E-state index contributed by atoms with van der Waals surface area (Å²) in [7, 11) is 0. The van der Waals surface area contributed by atoms with Crippen LogP contribution in [-0.4, -0.2) is 11.0 Å². The molecule has 0 saturated carbocycles. The van der Waals surface area contributed by atoms with Crippen LogP contribution in [0.3, 0.4) is 0 Å². The number of nitrogens with one attached hydrogen (secondary N) is 1. The molecule has 0 amide bonds. The van der Waals surface area contributed by atoms with E-state index in [-0.39, 0.29) is 0 Å². The number of halogens is 2. The second-order valence-corrected chi connectivity index (χ2v) is 5.12. The molecule has 0 bridgehead atoms. The van der Waals surface area contributed by atoms with Crippen LogP contribution >= 0.6 is 27.5 Å². The molecule has 0 radical (unpaired) electrons. The average Bonchev–Trinajstić information content (AvgIpc) is 2.76. The standard InChI is InChI=1S/C13H11BrClNO2/c1-8(10-4-2-3-5-11(10)15)18-13(17)12-6-9(14)7-16-12/h2-8,16H,1H3. The Morgan fingerprint density at radius 3 is 2.78 bits per heavy atom. The van der Waals surface area contributed by atoms with E-state index < -0.39 is 12.1 Å². The number of carbonyl (C=O) groups is 1. The number of aromatic nitrogens is 1. The summed E-state index contributed by atoms with van der Waals surface area (Å²) in [6.45, 7) is 1.79. The zero-order valence-corrected chi connectivity index (χ0v) is 12.0. The predicted molar refractivity (Wildman–Crippen MR) is 73.8 cm³/mol. The maximum Gasteiger partial charge on any atom is 0.355 e. The highest BCUT2D eigenvalue weighted by Crippen LogP contribution is 2.26. The summed E-state index contributed by atoms with van der Waals surface area (Å²) in [5.41, 5.74) is 1.19. The fourth-order valence-corrected chi connectivity index (χ4v) is 2.21. The lowest BCUT2D eigenvalue weighted by atomic mass is 10.1. The number of benzene rings is 1. The molecule has 1 heterocycles. The number of hydrogen-bond acceptors (Lipinski definition) is 2. The van der Waals surface area contributed by atoms with Crippen molar-refractivity contribution >= 4 is 33.5 Å². The number of esters is 1. The number of rotatable bonds is 3. The van der Waals surface area contributed by atoms with E-state index in [2.05, 4.69) is 20.9 Å². The van der Waals surface area contributed by atoms with Crippen molar-refractivity contribution in [3.8, 4) is 0 Å². The first-order chi connectivity index (χ1) is 8.58. The zero-order chi connectivity index (χ0) is 13.1. The van der Waals surface area contributed by atoms with Gasteiger partial charge in [0.1, 0.15) is 11.8 Å². The highest BCUT2D eigenvalue weighted by atomic mass is 79.9. The summed E-state index contributed by atoms with van der Waals surface area (Å²) < 4.78 is 6.15. The van der Waals surface area contributed by atoms with Gasteiger partial charge in [-0.3, -0.25) is 0 Å². The molecule has 1 aromatic carbocycles. The van der Waals surface area contributed by atoms with Crippen LogP contribution in [0, 0.1) is 0 Å². The lowest BCUT2D eigenvalue weighted by Gasteiger charge is -2.14. The van der Waals surface area contributed by atoms with Crippen molar-refractivity contribution in [1.29, 1.82) is 0 Å². The lowest BCUT2D eigenvalue weighted by Crippen LogP contribution is -2.09. The largest absolute Gasteiger partial charge is 0.453 e. The lowest BCUT2D eigenvalue weighted by molar-refractivity contribution is 0.0332. The molecule has 2 aromatic rings. The zero-order valence-electron chi connectivity index (χ0n) is 9.61. The van der Waals surface area contributed by atoms with Gasteiger partial charge >= 0.3 is 5.97 Å². The van der Waals surface area contributed by atoms with Crippen molar-refractivity contribution in [2.45, 2.75) is 13.0 Å². The first-order valence-electron chi connectivity index (χ1n) is 5.37. The molecule has 2 rings (SSSR count). The summed E-state index contributed by atoms with van der Waals surface area (Å²) in [6, 6.07) is 8.97. The van der Waals surface area contributed by atoms with E-state index in [1.165, 1.54) is 0 Å². The summed E-state index contributed by atoms with van der Waals surface area (Å²) in [4.78, 5) is 14.7. The van der Waals surface area contributed by atoms with Crippen LogP contribution in [0.15, 0.2) is 41.0 Å². The maximum absolute atomic E-state index is 11.8. The second kappa shape index (κ2) is 5.59. The molecular formula is C13H11BrClNO2. The normalized spacial score (nSPS) is 12.2. The van der Waals surface area contributed by atoms with Gasteiger partial charge in [-0.15, -0.1) is 0 Å². The minimum atomic E-state index is -0.409. The molecule has 94 valence electrons. The van der Waals surface area contributed by atoms with Gasteiger partial charge in [0, 0.05) is 21.3 Å². The molecule has 0 aliphatic heterocycles. The summed E-state index contributed by atoms with van der Waals surface area (Å²) >= 11 is 9.31. The van der Waals surface area contributed by atoms with E-state index in [9.17, 15) is 4.79 Å². The fraction of sp³-hybridized carbons (Fsp3) is 0.154. The summed E-state index contributed by atoms with van der Waals surface area (Å²) in [5, 5.41) is 0.588. The minimum absolute atomic E-state index is 0.395. The van der Waals surface area contributed by atoms with Crippen LogP contribution < -0.4 is 0 Å². The van der Waals surface area contributed by atoms with Crippen molar-refractivity contribution < 1.29 is 9.53 Å². The first kappa shape index (κ1) is 13.2. The molecule has 3 nitrogen and oxygen atoms in total. The third-order valence-electron chi connectivity index (χ3n) is 2.49. The van der Waals surface area contributed by atoms with Gasteiger partial charge in [0.15, 0.2) is 0 Å². The molecule has 0 aliphatic carbocycles. The number of carbonyl (C=O) groups excluding carboxylic acids is 1. The Labute approximate surface area is 118 Å². The van der Waals surface area contributed by atoms with Gasteiger partial charge in [-0.05, 0) is 35.0 Å². The third kappa shape index (κ3) is 2.94. The van der Waals surface area contributed by atoms with E-state index >= 15 is 0 Å². The monoisotopic (exact) mass is 327 g/mol. The molecular weight excluding hydrogens is 318 g/mol. The number of H-pyrrole nitrogens is 1. The quantitative estimate of drug-likeness (QED) is 0.851. The fourth-order valence-electron chi connectivity index (χ4n) is 1.58. The molecule has 5 heteroatoms. The Morgan fingerprint density at radius 2 is 2.17 bits per heavy atom. The summed E-state index contributed by atoms with van der Waals surface area (Å²) in [5.74, 6) is -0.409. The second-order valence-electron chi connectivity index (χ2n) is 3.80. The Bertz CT molecular complexity index is 568. The van der Waals surface area contributed by atoms with Gasteiger partial charge in [-0.1, -0.05) is 29.8 Å². The Hall–Kier alpha value is -1.26. The molecule has 1 aromatic heterocycles. The molecule has 18 heavy (non-hydrogen) atoms. The van der Waals surface area contributed by atoms with Gasteiger partial charge < -0.3 is 9.72 Å². The number of hydrogen-bond donors (Lipinski definition) is 1. The van der Waals surface area contributed by atoms with Crippen molar-refractivity contribution in [2.24, 2.45) is 0 Å². The van der Waals surface area contributed by atoms with E-state index in [0.29, 0.717) is 10.7 Å². The minimum Gasteiger partial charge on any atom is -0.453 e. The maximum atomic E-state index is 11.8. The number of ether oxygens (including phenoxy) is 1. The SMILES string of the molecule is CC(OC(=O)c1cc(Br)c[nH]1)c1ccccc1Cl. The molecule has 1 atom stereocenters. The Kier molecular flexibility index (Phi) is 4.09. The van der Waals surface area contributed by atoms with Crippen molar-refractivity contribution in [1.82, 2.24) is 4.98 Å². The molecule has 0 fully saturated rings. The third-order valence-corrected chi connectivity index (χ3v) is 3.30. The topological polar surface area (TPSA) is 42.1 Å². The Balaban J connectivity index is 2.10. The average molecular weight is 329 g/mol. The van der Waals surface area contributed by atoms with E-state index in [1.807, 2.05) is 18.2 Å². The van der Waals surface area contributed by atoms with Gasteiger partial charge in [0.2, 0.25) is 0 Å². The van der Waals surface area contributed by atoms with Crippen molar-refractivity contribution in [2.75, 3.05) is 0 Å². The van der Waals surface area contributed by atoms with Gasteiger partial charge in [-0.2, -0.15) is 0 Å². The highest BCUT2D eigenvalue weighted by Gasteiger charge is 2.16. The van der Waals surface area contributed by atoms with Crippen LogP contribution in [0.1, 0.15) is 29.1 Å². The van der Waals surface area contributed by atoms with Crippen molar-refractivity contribution in [3.05, 3.63) is 57.3 Å². The molecule has 1 unspecified atom stereocenters. The van der Waals surface area contributed by atoms with Crippen LogP contribution in [0.25, 0.3) is 0 Å². The first-order valence-corrected chi connectivity index (χ1v) is 6.54. The van der Waals surface area contributed by atoms with Crippen LogP contribution in [0.2, 0.25) is 5.02 Å². The molecule has 1 N–H and O–H groups in total. The van der Waals surface area contributed by atoms with Crippen LogP contribution in [0.5, 0.6) is 0 Å². The predicted octanol–water partition coefficient (Wildman–Crippen LogP) is 4.35. The molecule has 0 spiro atoms. The van der Waals surface area contributed by atoms with E-state index in [0.717, 1.165) is 10.0 Å². The summed E-state index contributed by atoms with van der Waals surface area (Å²) in [6.07, 6.45) is 1.28. The number of aromatic amines is 1. The van der Waals surface area contributed by atoms with E-state index in [4.69, 9.17) is 16.3 Å². The van der Waals surface area contributed by atoms with Gasteiger partial charge in [0.05, 0.1) is 0 Å². The van der Waals surface area contributed by atoms with E-state index in [1.54, 1.807) is 25.3 Å². The highest BCUT2D eigenvalue weighted by molar-refractivity contribution is 9.10. The van der Waals surface area contributed by atoms with Gasteiger partial charge in [-0.25, -0.2) is 4.79 Å².